The molecule has 1 aliphatic heterocycles. The molecule has 1 amide bonds. The highest BCUT2D eigenvalue weighted by molar-refractivity contribution is 7.71. The first-order chi connectivity index (χ1) is 14.1. The van der Waals surface area contributed by atoms with Gasteiger partial charge in [0.05, 0.1) is 0 Å². The van der Waals surface area contributed by atoms with Gasteiger partial charge in [-0.05, 0) is 49.7 Å². The Morgan fingerprint density at radius 2 is 1.79 bits per heavy atom. The van der Waals surface area contributed by atoms with Gasteiger partial charge in [-0.15, -0.1) is 0 Å². The van der Waals surface area contributed by atoms with Gasteiger partial charge >= 0.3 is 0 Å². The monoisotopic (exact) mass is 407 g/mol. The molecule has 0 spiro atoms. The smallest absolute Gasteiger partial charge is 0.240 e. The number of carbonyl (C=O) groups excluding carboxylic acids is 1. The number of hydrogen-bond donors (Lipinski definition) is 2. The fraction of sp³-hybridized carbons (Fsp3) is 0.318. The molecule has 3 aromatic rings. The summed E-state index contributed by atoms with van der Waals surface area (Å²) in [6.07, 6.45) is 2.53. The molecule has 1 saturated heterocycles. The number of aromatic amines is 1. The molecule has 6 nitrogen and oxygen atoms in total. The van der Waals surface area contributed by atoms with Crippen molar-refractivity contribution in [2.75, 3.05) is 18.0 Å². The third-order valence-electron chi connectivity index (χ3n) is 5.27. The summed E-state index contributed by atoms with van der Waals surface area (Å²) in [6.45, 7) is 4.91. The first kappa shape index (κ1) is 19.4. The van der Waals surface area contributed by atoms with Crippen LogP contribution in [0, 0.1) is 11.7 Å². The van der Waals surface area contributed by atoms with Crippen LogP contribution < -0.4 is 10.2 Å². The van der Waals surface area contributed by atoms with E-state index in [1.54, 1.807) is 4.57 Å². The van der Waals surface area contributed by atoms with E-state index in [1.165, 1.54) is 24.1 Å². The number of hydrogen-bond acceptors (Lipinski definition) is 4. The number of carbonyl (C=O) groups is 1. The second-order valence-corrected chi connectivity index (χ2v) is 7.83. The van der Waals surface area contributed by atoms with Crippen LogP contribution in [0.5, 0.6) is 0 Å². The van der Waals surface area contributed by atoms with E-state index in [4.69, 9.17) is 12.2 Å². The highest BCUT2D eigenvalue weighted by atomic mass is 32.1. The average molecular weight is 408 g/mol. The molecule has 0 radical (unpaired) electrons. The van der Waals surface area contributed by atoms with Gasteiger partial charge in [-0.1, -0.05) is 42.0 Å². The maximum atomic E-state index is 12.5. The van der Waals surface area contributed by atoms with Gasteiger partial charge in [0.15, 0.2) is 10.6 Å². The van der Waals surface area contributed by atoms with Gasteiger partial charge in [0.25, 0.3) is 0 Å². The Hall–Kier alpha value is -2.93. The molecule has 0 aliphatic carbocycles. The summed E-state index contributed by atoms with van der Waals surface area (Å²) >= 11 is 5.32. The zero-order valence-corrected chi connectivity index (χ0v) is 17.3. The number of aromatic nitrogens is 3. The Bertz CT molecular complexity index is 1030. The number of aryl methyl sites for hydroxylation is 1. The summed E-state index contributed by atoms with van der Waals surface area (Å²) in [7, 11) is 0. The van der Waals surface area contributed by atoms with Crippen LogP contribution in [-0.2, 0) is 17.9 Å². The quantitative estimate of drug-likeness (QED) is 0.610. The molecule has 0 atom stereocenters. The third kappa shape index (κ3) is 4.56. The number of rotatable bonds is 6. The molecule has 2 heterocycles. The van der Waals surface area contributed by atoms with E-state index in [-0.39, 0.29) is 12.5 Å². The van der Waals surface area contributed by atoms with E-state index in [0.29, 0.717) is 17.1 Å². The van der Waals surface area contributed by atoms with Gasteiger partial charge in [-0.25, -0.2) is 0 Å². The first-order valence-electron chi connectivity index (χ1n) is 9.93. The highest BCUT2D eigenvalue weighted by Gasteiger charge is 2.13. The third-order valence-corrected chi connectivity index (χ3v) is 5.58. The van der Waals surface area contributed by atoms with Gasteiger partial charge in [-0.2, -0.15) is 5.10 Å². The molecule has 1 fully saturated rings. The summed E-state index contributed by atoms with van der Waals surface area (Å²) in [5, 5.41) is 10.1. The summed E-state index contributed by atoms with van der Waals surface area (Å²) in [5.74, 6) is 0.569. The van der Waals surface area contributed by atoms with Crippen LogP contribution >= 0.6 is 12.2 Å². The standard InChI is InChI=1S/C22H25N5OS/c1-16-4-8-18(9-5-16)21-24-25-22(29)27(21)15-20(28)23-14-17-6-10-19(11-7-17)26-12-2-3-13-26/h4-11H,2-3,12-15H2,1H3,(H,23,28)(H,25,29). The van der Waals surface area contributed by atoms with Crippen LogP contribution in [0.15, 0.2) is 48.5 Å². The second kappa shape index (κ2) is 8.61. The molecular formula is C22H25N5OS. The van der Waals surface area contributed by atoms with Gasteiger partial charge in [0, 0.05) is 30.9 Å². The number of H-pyrrole nitrogens is 1. The maximum Gasteiger partial charge on any atom is 0.240 e. The van der Waals surface area contributed by atoms with Gasteiger partial charge in [0.1, 0.15) is 6.54 Å². The van der Waals surface area contributed by atoms with E-state index < -0.39 is 0 Å². The topological polar surface area (TPSA) is 66.0 Å². The lowest BCUT2D eigenvalue weighted by atomic mass is 10.1. The molecule has 0 saturated carbocycles. The Labute approximate surface area is 175 Å². The van der Waals surface area contributed by atoms with Crippen molar-refractivity contribution in [2.45, 2.75) is 32.9 Å². The van der Waals surface area contributed by atoms with Crippen LogP contribution in [0.2, 0.25) is 0 Å². The van der Waals surface area contributed by atoms with Crippen molar-refractivity contribution in [3.8, 4) is 11.4 Å². The normalized spacial score (nSPS) is 13.6. The predicted molar refractivity (Wildman–Crippen MR) is 117 cm³/mol. The second-order valence-electron chi connectivity index (χ2n) is 7.44. The van der Waals surface area contributed by atoms with Gasteiger partial charge in [-0.3, -0.25) is 14.5 Å². The van der Waals surface area contributed by atoms with Crippen LogP contribution in [0.1, 0.15) is 24.0 Å². The van der Waals surface area contributed by atoms with Crippen molar-refractivity contribution < 1.29 is 4.79 Å². The zero-order chi connectivity index (χ0) is 20.2. The number of nitrogens with one attached hydrogen (secondary N) is 2. The molecule has 150 valence electrons. The summed E-state index contributed by atoms with van der Waals surface area (Å²) in [4.78, 5) is 14.9. The number of amides is 1. The minimum absolute atomic E-state index is 0.0977. The van der Waals surface area contributed by atoms with Gasteiger partial charge in [0.2, 0.25) is 5.91 Å². The Morgan fingerprint density at radius 3 is 2.48 bits per heavy atom. The fourth-order valence-electron chi connectivity index (χ4n) is 3.59. The largest absolute Gasteiger partial charge is 0.372 e. The van der Waals surface area contributed by atoms with Crippen molar-refractivity contribution in [3.05, 3.63) is 64.4 Å². The van der Waals surface area contributed by atoms with Crippen molar-refractivity contribution in [1.29, 1.82) is 0 Å². The highest BCUT2D eigenvalue weighted by Crippen LogP contribution is 2.20. The van der Waals surface area contributed by atoms with E-state index in [0.717, 1.165) is 24.2 Å². The van der Waals surface area contributed by atoms with E-state index in [2.05, 4.69) is 44.7 Å². The van der Waals surface area contributed by atoms with Crippen LogP contribution in [0.4, 0.5) is 5.69 Å². The van der Waals surface area contributed by atoms with Crippen molar-refractivity contribution in [3.63, 3.8) is 0 Å². The van der Waals surface area contributed by atoms with Crippen molar-refractivity contribution in [1.82, 2.24) is 20.1 Å². The summed E-state index contributed by atoms with van der Waals surface area (Å²) < 4.78 is 2.16. The van der Waals surface area contributed by atoms with E-state index in [1.807, 2.05) is 31.2 Å². The molecule has 1 aliphatic rings. The lowest BCUT2D eigenvalue weighted by Gasteiger charge is -2.17. The number of anilines is 1. The summed E-state index contributed by atoms with van der Waals surface area (Å²) in [6, 6.07) is 16.4. The number of nitrogens with zero attached hydrogens (tertiary/aromatic N) is 3. The van der Waals surface area contributed by atoms with Crippen molar-refractivity contribution >= 4 is 23.8 Å². The average Bonchev–Trinajstić information content (AvgIpc) is 3.39. The van der Waals surface area contributed by atoms with Crippen molar-refractivity contribution in [2.24, 2.45) is 0 Å². The molecule has 1 aromatic heterocycles. The molecular weight excluding hydrogens is 382 g/mol. The SMILES string of the molecule is Cc1ccc(-c2n[nH]c(=S)n2CC(=O)NCc2ccc(N3CCCC3)cc2)cc1. The van der Waals surface area contributed by atoms with Crippen LogP contribution in [-0.4, -0.2) is 33.8 Å². The van der Waals surface area contributed by atoms with Crippen LogP contribution in [0.25, 0.3) is 11.4 Å². The molecule has 7 heteroatoms. The minimum Gasteiger partial charge on any atom is -0.372 e. The molecule has 29 heavy (non-hydrogen) atoms. The molecule has 0 bridgehead atoms. The number of benzene rings is 2. The fourth-order valence-corrected chi connectivity index (χ4v) is 3.78. The molecule has 0 unspecified atom stereocenters. The predicted octanol–water partition coefficient (Wildman–Crippen LogP) is 3.83. The maximum absolute atomic E-state index is 12.5. The first-order valence-corrected chi connectivity index (χ1v) is 10.3. The summed E-state index contributed by atoms with van der Waals surface area (Å²) in [5.41, 5.74) is 4.43. The van der Waals surface area contributed by atoms with E-state index in [9.17, 15) is 4.79 Å². The lowest BCUT2D eigenvalue weighted by molar-refractivity contribution is -0.121. The Morgan fingerprint density at radius 1 is 1.10 bits per heavy atom. The van der Waals surface area contributed by atoms with Gasteiger partial charge < -0.3 is 10.2 Å². The van der Waals surface area contributed by atoms with E-state index >= 15 is 0 Å². The minimum atomic E-state index is -0.0977. The zero-order valence-electron chi connectivity index (χ0n) is 16.5. The molecule has 4 rings (SSSR count). The van der Waals surface area contributed by atoms with Crippen LogP contribution in [0.3, 0.4) is 0 Å². The Kier molecular flexibility index (Phi) is 5.76. The Balaban J connectivity index is 1.38. The molecule has 2 aromatic carbocycles. The lowest BCUT2D eigenvalue weighted by Crippen LogP contribution is -2.27. The molecule has 2 N–H and O–H groups in total.